The smallest absolute Gasteiger partial charge is 0.243 e. The third-order valence-electron chi connectivity index (χ3n) is 3.64. The van der Waals surface area contributed by atoms with Gasteiger partial charge in [0.1, 0.15) is 0 Å². The predicted molar refractivity (Wildman–Crippen MR) is 72.1 cm³/mol. The molecule has 0 amide bonds. The Morgan fingerprint density at radius 2 is 1.84 bits per heavy atom. The zero-order valence-corrected chi connectivity index (χ0v) is 11.6. The van der Waals surface area contributed by atoms with Gasteiger partial charge in [0.15, 0.2) is 0 Å². The summed E-state index contributed by atoms with van der Waals surface area (Å²) in [5.41, 5.74) is 1.54. The molecule has 1 aliphatic rings. The molecule has 19 heavy (non-hydrogen) atoms. The third kappa shape index (κ3) is 3.19. The second-order valence-electron chi connectivity index (χ2n) is 4.91. The molecule has 1 saturated heterocycles. The monoisotopic (exact) mass is 266 g/mol. The molecule has 0 atom stereocenters. The number of aliphatic hydroxyl groups is 1. The van der Waals surface area contributed by atoms with Crippen molar-refractivity contribution in [3.63, 3.8) is 0 Å². The largest absolute Gasteiger partial charge is 0.394 e. The van der Waals surface area contributed by atoms with E-state index in [1.807, 2.05) is 6.92 Å². The van der Waals surface area contributed by atoms with Crippen molar-refractivity contribution >= 4 is 5.95 Å². The molecular formula is C13H22N4O2. The summed E-state index contributed by atoms with van der Waals surface area (Å²) in [6.45, 7) is 5.45. The Hall–Kier alpha value is -1.27. The average molecular weight is 266 g/mol. The van der Waals surface area contributed by atoms with Gasteiger partial charge in [-0.2, -0.15) is 5.10 Å². The minimum Gasteiger partial charge on any atom is -0.394 e. The first kappa shape index (κ1) is 14.1. The standard InChI is InChI=1S/C13H22N4O2/c1-3-10-11(4-2)16-17-12(14-10)15-13(9-18)5-7-19-8-6-13/h18H,3-9H2,1-2H3,(H,14,15,17). The van der Waals surface area contributed by atoms with Gasteiger partial charge in [0, 0.05) is 13.2 Å². The van der Waals surface area contributed by atoms with E-state index in [1.165, 1.54) is 0 Å². The highest BCUT2D eigenvalue weighted by Crippen LogP contribution is 2.24. The Morgan fingerprint density at radius 1 is 1.16 bits per heavy atom. The van der Waals surface area contributed by atoms with Gasteiger partial charge in [-0.15, -0.1) is 5.10 Å². The van der Waals surface area contributed by atoms with E-state index in [9.17, 15) is 5.11 Å². The number of hydrogen-bond donors (Lipinski definition) is 2. The van der Waals surface area contributed by atoms with E-state index in [4.69, 9.17) is 4.74 Å². The molecule has 0 bridgehead atoms. The Kier molecular flexibility index (Phi) is 4.66. The van der Waals surface area contributed by atoms with E-state index >= 15 is 0 Å². The zero-order chi connectivity index (χ0) is 13.7. The van der Waals surface area contributed by atoms with Gasteiger partial charge in [-0.3, -0.25) is 0 Å². The fourth-order valence-corrected chi connectivity index (χ4v) is 2.31. The second-order valence-corrected chi connectivity index (χ2v) is 4.91. The lowest BCUT2D eigenvalue weighted by Crippen LogP contribution is -2.47. The Morgan fingerprint density at radius 3 is 2.42 bits per heavy atom. The summed E-state index contributed by atoms with van der Waals surface area (Å²) < 4.78 is 5.34. The van der Waals surface area contributed by atoms with E-state index in [0.717, 1.165) is 37.1 Å². The van der Waals surface area contributed by atoms with Crippen LogP contribution in [0.1, 0.15) is 38.1 Å². The lowest BCUT2D eigenvalue weighted by atomic mass is 9.91. The van der Waals surface area contributed by atoms with Crippen molar-refractivity contribution in [2.45, 2.75) is 45.1 Å². The van der Waals surface area contributed by atoms with Gasteiger partial charge < -0.3 is 15.2 Å². The fraction of sp³-hybridized carbons (Fsp3) is 0.769. The van der Waals surface area contributed by atoms with Crippen molar-refractivity contribution in [3.05, 3.63) is 11.4 Å². The van der Waals surface area contributed by atoms with Crippen LogP contribution in [0.5, 0.6) is 0 Å². The topological polar surface area (TPSA) is 80.2 Å². The van der Waals surface area contributed by atoms with Crippen molar-refractivity contribution in [1.29, 1.82) is 0 Å². The molecule has 6 heteroatoms. The van der Waals surface area contributed by atoms with Crippen LogP contribution in [0.4, 0.5) is 5.95 Å². The maximum absolute atomic E-state index is 9.64. The van der Waals surface area contributed by atoms with Crippen LogP contribution >= 0.6 is 0 Å². The van der Waals surface area contributed by atoms with Crippen LogP contribution in [0, 0.1) is 0 Å². The van der Waals surface area contributed by atoms with Crippen LogP contribution in [0.25, 0.3) is 0 Å². The van der Waals surface area contributed by atoms with Crippen LogP contribution in [0.3, 0.4) is 0 Å². The number of aromatic nitrogens is 3. The summed E-state index contributed by atoms with van der Waals surface area (Å²) in [4.78, 5) is 4.51. The summed E-state index contributed by atoms with van der Waals surface area (Å²) in [5.74, 6) is 0.505. The van der Waals surface area contributed by atoms with Crippen molar-refractivity contribution < 1.29 is 9.84 Å². The molecule has 1 aromatic heterocycles. The SMILES string of the molecule is CCc1nnc(NC2(CO)CCOCC2)nc1CC. The minimum absolute atomic E-state index is 0.0523. The maximum atomic E-state index is 9.64. The number of ether oxygens (including phenoxy) is 1. The van der Waals surface area contributed by atoms with E-state index in [1.54, 1.807) is 0 Å². The van der Waals surface area contributed by atoms with Crippen molar-refractivity contribution in [3.8, 4) is 0 Å². The van der Waals surface area contributed by atoms with Crippen molar-refractivity contribution in [2.75, 3.05) is 25.1 Å². The number of rotatable bonds is 5. The second kappa shape index (κ2) is 6.25. The molecule has 2 heterocycles. The lowest BCUT2D eigenvalue weighted by Gasteiger charge is -2.36. The number of aryl methyl sites for hydroxylation is 2. The molecular weight excluding hydrogens is 244 g/mol. The molecule has 6 nitrogen and oxygen atoms in total. The first-order chi connectivity index (χ1) is 9.23. The van der Waals surface area contributed by atoms with Crippen LogP contribution in [-0.2, 0) is 17.6 Å². The fourth-order valence-electron chi connectivity index (χ4n) is 2.31. The van der Waals surface area contributed by atoms with Gasteiger partial charge in [0.25, 0.3) is 0 Å². The molecule has 0 aromatic carbocycles. The average Bonchev–Trinajstić information content (AvgIpc) is 2.48. The molecule has 0 saturated carbocycles. The van der Waals surface area contributed by atoms with Crippen molar-refractivity contribution in [2.24, 2.45) is 0 Å². The van der Waals surface area contributed by atoms with Gasteiger partial charge in [-0.05, 0) is 25.7 Å². The molecule has 1 aromatic rings. The van der Waals surface area contributed by atoms with Crippen molar-refractivity contribution in [1.82, 2.24) is 15.2 Å². The number of nitrogens with zero attached hydrogens (tertiary/aromatic N) is 3. The number of nitrogens with one attached hydrogen (secondary N) is 1. The summed E-state index contributed by atoms with van der Waals surface area (Å²) >= 11 is 0. The zero-order valence-electron chi connectivity index (χ0n) is 11.6. The highest BCUT2D eigenvalue weighted by atomic mass is 16.5. The molecule has 2 rings (SSSR count). The summed E-state index contributed by atoms with van der Waals surface area (Å²) in [6.07, 6.45) is 3.18. The van der Waals surface area contributed by atoms with Gasteiger partial charge in [0.05, 0.1) is 23.5 Å². The Labute approximate surface area is 113 Å². The van der Waals surface area contributed by atoms with Crippen LogP contribution in [-0.4, -0.2) is 45.6 Å². The lowest BCUT2D eigenvalue weighted by molar-refractivity contribution is 0.0376. The van der Waals surface area contributed by atoms with E-state index in [-0.39, 0.29) is 12.1 Å². The van der Waals surface area contributed by atoms with Crippen LogP contribution in [0.2, 0.25) is 0 Å². The highest BCUT2D eigenvalue weighted by Gasteiger charge is 2.32. The Bertz CT molecular complexity index is 419. The molecule has 1 fully saturated rings. The highest BCUT2D eigenvalue weighted by molar-refractivity contribution is 5.30. The molecule has 0 radical (unpaired) electrons. The number of anilines is 1. The minimum atomic E-state index is -0.376. The Balaban J connectivity index is 2.17. The van der Waals surface area contributed by atoms with Gasteiger partial charge >= 0.3 is 0 Å². The van der Waals surface area contributed by atoms with E-state index in [2.05, 4.69) is 27.4 Å². The van der Waals surface area contributed by atoms with Gasteiger partial charge in [-0.1, -0.05) is 13.8 Å². The third-order valence-corrected chi connectivity index (χ3v) is 3.64. The van der Waals surface area contributed by atoms with Crippen LogP contribution in [0.15, 0.2) is 0 Å². The summed E-state index contributed by atoms with van der Waals surface area (Å²) in [6, 6.07) is 0. The normalized spacial score (nSPS) is 18.3. The van der Waals surface area contributed by atoms with E-state index in [0.29, 0.717) is 19.2 Å². The first-order valence-corrected chi connectivity index (χ1v) is 6.92. The summed E-state index contributed by atoms with van der Waals surface area (Å²) in [7, 11) is 0. The quantitative estimate of drug-likeness (QED) is 0.826. The molecule has 2 N–H and O–H groups in total. The molecule has 0 unspecified atom stereocenters. The molecule has 0 aliphatic carbocycles. The molecule has 0 spiro atoms. The maximum Gasteiger partial charge on any atom is 0.243 e. The predicted octanol–water partition coefficient (Wildman–Crippen LogP) is 0.950. The molecule has 1 aliphatic heterocycles. The van der Waals surface area contributed by atoms with Gasteiger partial charge in [0.2, 0.25) is 5.95 Å². The van der Waals surface area contributed by atoms with Gasteiger partial charge in [-0.25, -0.2) is 4.98 Å². The summed E-state index contributed by atoms with van der Waals surface area (Å²) in [5, 5.41) is 21.2. The number of aliphatic hydroxyl groups excluding tert-OH is 1. The molecule has 106 valence electrons. The number of hydrogen-bond acceptors (Lipinski definition) is 6. The first-order valence-electron chi connectivity index (χ1n) is 6.92. The van der Waals surface area contributed by atoms with E-state index < -0.39 is 0 Å². The van der Waals surface area contributed by atoms with Crippen LogP contribution < -0.4 is 5.32 Å².